The monoisotopic (exact) mass is 459 g/mol. The molecule has 0 saturated heterocycles. The molecule has 10 nitrogen and oxygen atoms in total. The number of benzene rings is 1. The molecule has 0 bridgehead atoms. The van der Waals surface area contributed by atoms with Gasteiger partial charge in [-0.25, -0.2) is 14.7 Å². The summed E-state index contributed by atoms with van der Waals surface area (Å²) in [6.45, 7) is 7.94. The van der Waals surface area contributed by atoms with E-state index in [1.54, 1.807) is 0 Å². The second-order valence-corrected chi connectivity index (χ2v) is 9.39. The number of hydrogen-bond acceptors (Lipinski definition) is 8. The highest BCUT2D eigenvalue weighted by Gasteiger charge is 2.16. The number of anilines is 1. The van der Waals surface area contributed by atoms with Crippen molar-refractivity contribution in [1.82, 2.24) is 29.1 Å². The molecular weight excluding hydrogens is 430 g/mol. The second kappa shape index (κ2) is 10.2. The molecular formula is C21H29N7O3S. The maximum atomic E-state index is 11.8. The van der Waals surface area contributed by atoms with Crippen molar-refractivity contribution >= 4 is 16.2 Å². The molecule has 0 radical (unpaired) electrons. The van der Waals surface area contributed by atoms with Crippen LogP contribution >= 0.6 is 0 Å². The van der Waals surface area contributed by atoms with Crippen molar-refractivity contribution in [3.05, 3.63) is 41.6 Å². The van der Waals surface area contributed by atoms with Crippen LogP contribution < -0.4 is 9.62 Å². The molecule has 1 N–H and O–H groups in total. The second-order valence-electron chi connectivity index (χ2n) is 7.42. The molecule has 2 heterocycles. The first-order valence-electron chi connectivity index (χ1n) is 10.4. The van der Waals surface area contributed by atoms with Crippen molar-refractivity contribution in [3.63, 3.8) is 0 Å². The number of hydrogen-bond donors (Lipinski definition) is 1. The first-order chi connectivity index (χ1) is 15.2. The SMILES string of the molecule is CCN(CC)c1nc(C)cc(-c2nc(-c3ccc(CCNS(=O)(=O)N(C)C)cc3)no2)n1. The quantitative estimate of drug-likeness (QED) is 0.491. The molecule has 3 aromatic rings. The van der Waals surface area contributed by atoms with Gasteiger partial charge in [-0.1, -0.05) is 29.4 Å². The van der Waals surface area contributed by atoms with Gasteiger partial charge in [0.05, 0.1) is 0 Å². The third-order valence-corrected chi connectivity index (χ3v) is 6.46. The Morgan fingerprint density at radius 2 is 1.72 bits per heavy atom. The maximum Gasteiger partial charge on any atom is 0.278 e. The van der Waals surface area contributed by atoms with Gasteiger partial charge in [0, 0.05) is 45.0 Å². The average Bonchev–Trinajstić information content (AvgIpc) is 3.25. The molecule has 0 aliphatic heterocycles. The summed E-state index contributed by atoms with van der Waals surface area (Å²) in [7, 11) is -0.442. The zero-order valence-electron chi connectivity index (χ0n) is 19.0. The van der Waals surface area contributed by atoms with E-state index in [1.165, 1.54) is 14.1 Å². The van der Waals surface area contributed by atoms with Crippen LogP contribution in [0.2, 0.25) is 0 Å². The fraction of sp³-hybridized carbons (Fsp3) is 0.429. The number of nitrogens with zero attached hydrogens (tertiary/aromatic N) is 6. The molecule has 32 heavy (non-hydrogen) atoms. The van der Waals surface area contributed by atoms with Gasteiger partial charge in [0.1, 0.15) is 5.69 Å². The molecule has 0 atom stereocenters. The van der Waals surface area contributed by atoms with E-state index in [4.69, 9.17) is 4.52 Å². The normalized spacial score (nSPS) is 11.8. The average molecular weight is 460 g/mol. The molecule has 1 aromatic carbocycles. The van der Waals surface area contributed by atoms with E-state index in [-0.39, 0.29) is 0 Å². The summed E-state index contributed by atoms with van der Waals surface area (Å²) in [6, 6.07) is 9.43. The van der Waals surface area contributed by atoms with Crippen LogP contribution in [0.25, 0.3) is 23.0 Å². The molecule has 3 rings (SSSR count). The van der Waals surface area contributed by atoms with E-state index in [2.05, 4.69) is 43.6 Å². The predicted octanol–water partition coefficient (Wildman–Crippen LogP) is 2.29. The van der Waals surface area contributed by atoms with Crippen molar-refractivity contribution in [1.29, 1.82) is 0 Å². The smallest absolute Gasteiger partial charge is 0.278 e. The van der Waals surface area contributed by atoms with Crippen molar-refractivity contribution in [3.8, 4) is 23.0 Å². The Kier molecular flexibility index (Phi) is 7.54. The summed E-state index contributed by atoms with van der Waals surface area (Å²) in [5.74, 6) is 1.43. The summed E-state index contributed by atoms with van der Waals surface area (Å²) in [6.07, 6.45) is 0.569. The van der Waals surface area contributed by atoms with Crippen LogP contribution in [0, 0.1) is 6.92 Å². The minimum atomic E-state index is -3.42. The standard InChI is InChI=1S/C21H29N7O3S/c1-6-28(7-2)21-23-15(3)14-18(24-21)20-25-19(26-31-20)17-10-8-16(9-11-17)12-13-22-32(29,30)27(4)5/h8-11,14,22H,6-7,12-13H2,1-5H3. The van der Waals surface area contributed by atoms with Gasteiger partial charge < -0.3 is 9.42 Å². The minimum Gasteiger partial charge on any atom is -0.341 e. The predicted molar refractivity (Wildman–Crippen MR) is 123 cm³/mol. The van der Waals surface area contributed by atoms with Crippen LogP contribution in [0.5, 0.6) is 0 Å². The Morgan fingerprint density at radius 1 is 1.03 bits per heavy atom. The molecule has 0 amide bonds. The molecule has 0 aliphatic carbocycles. The van der Waals surface area contributed by atoms with Gasteiger partial charge in [-0.3, -0.25) is 0 Å². The lowest BCUT2D eigenvalue weighted by Crippen LogP contribution is -2.36. The first kappa shape index (κ1) is 23.8. The Hall–Kier alpha value is -2.89. The molecule has 0 aliphatic rings. The van der Waals surface area contributed by atoms with Gasteiger partial charge in [-0.2, -0.15) is 17.7 Å². The highest BCUT2D eigenvalue weighted by atomic mass is 32.2. The first-order valence-corrected chi connectivity index (χ1v) is 11.9. The van der Waals surface area contributed by atoms with E-state index in [9.17, 15) is 8.42 Å². The fourth-order valence-corrected chi connectivity index (χ4v) is 3.65. The molecule has 11 heteroatoms. The summed E-state index contributed by atoms with van der Waals surface area (Å²) in [4.78, 5) is 15.7. The van der Waals surface area contributed by atoms with Gasteiger partial charge in [0.25, 0.3) is 16.1 Å². The highest BCUT2D eigenvalue weighted by Crippen LogP contribution is 2.23. The lowest BCUT2D eigenvalue weighted by Gasteiger charge is -2.18. The topological polar surface area (TPSA) is 117 Å². The van der Waals surface area contributed by atoms with Crippen LogP contribution in [-0.4, -0.2) is 66.6 Å². The lowest BCUT2D eigenvalue weighted by molar-refractivity contribution is 0.431. The summed E-state index contributed by atoms with van der Waals surface area (Å²) in [5, 5.41) is 4.09. The molecule has 172 valence electrons. The Labute approximate surface area is 188 Å². The van der Waals surface area contributed by atoms with Crippen LogP contribution in [0.4, 0.5) is 5.95 Å². The van der Waals surface area contributed by atoms with Crippen molar-refractivity contribution in [2.24, 2.45) is 0 Å². The van der Waals surface area contributed by atoms with Gasteiger partial charge in [-0.15, -0.1) is 0 Å². The zero-order valence-corrected chi connectivity index (χ0v) is 19.8. The van der Waals surface area contributed by atoms with Gasteiger partial charge >= 0.3 is 0 Å². The van der Waals surface area contributed by atoms with Crippen molar-refractivity contribution < 1.29 is 12.9 Å². The van der Waals surface area contributed by atoms with Gasteiger partial charge in [0.15, 0.2) is 0 Å². The number of aryl methyl sites for hydroxylation is 1. The molecule has 0 fully saturated rings. The minimum absolute atomic E-state index is 0.314. The molecule has 0 spiro atoms. The van der Waals surface area contributed by atoms with Crippen molar-refractivity contribution in [2.75, 3.05) is 38.6 Å². The Bertz CT molecular complexity index is 1140. The van der Waals surface area contributed by atoms with E-state index >= 15 is 0 Å². The lowest BCUT2D eigenvalue weighted by atomic mass is 10.1. The molecule has 0 saturated carbocycles. The van der Waals surface area contributed by atoms with E-state index in [0.717, 1.165) is 34.2 Å². The van der Waals surface area contributed by atoms with Crippen LogP contribution in [0.3, 0.4) is 0 Å². The summed E-state index contributed by atoms with van der Waals surface area (Å²) in [5.41, 5.74) is 3.20. The summed E-state index contributed by atoms with van der Waals surface area (Å²) < 4.78 is 32.7. The zero-order chi connectivity index (χ0) is 23.3. The van der Waals surface area contributed by atoms with Crippen LogP contribution in [0.1, 0.15) is 25.1 Å². The number of rotatable bonds is 10. The molecule has 0 unspecified atom stereocenters. The third kappa shape index (κ3) is 5.67. The van der Waals surface area contributed by atoms with E-state index in [1.807, 2.05) is 37.3 Å². The van der Waals surface area contributed by atoms with Gasteiger partial charge in [-0.05, 0) is 38.8 Å². The fourth-order valence-electron chi connectivity index (χ4n) is 3.03. The van der Waals surface area contributed by atoms with Crippen molar-refractivity contribution in [2.45, 2.75) is 27.2 Å². The van der Waals surface area contributed by atoms with E-state index < -0.39 is 10.2 Å². The maximum absolute atomic E-state index is 11.8. The molecule has 2 aromatic heterocycles. The number of nitrogens with one attached hydrogen (secondary N) is 1. The Morgan fingerprint density at radius 3 is 2.34 bits per heavy atom. The van der Waals surface area contributed by atoms with E-state index in [0.29, 0.717) is 36.3 Å². The van der Waals surface area contributed by atoms with Gasteiger partial charge in [0.2, 0.25) is 11.8 Å². The largest absolute Gasteiger partial charge is 0.341 e. The Balaban J connectivity index is 1.72. The number of aromatic nitrogens is 4. The van der Waals surface area contributed by atoms with Crippen LogP contribution in [-0.2, 0) is 16.6 Å². The summed E-state index contributed by atoms with van der Waals surface area (Å²) >= 11 is 0. The third-order valence-electron chi connectivity index (χ3n) is 4.92. The van der Waals surface area contributed by atoms with Crippen LogP contribution in [0.15, 0.2) is 34.9 Å². The highest BCUT2D eigenvalue weighted by molar-refractivity contribution is 7.87.